The second-order valence-electron chi connectivity index (χ2n) is 2.35. The first-order chi connectivity index (χ1) is 6.09. The van der Waals surface area contributed by atoms with Crippen molar-refractivity contribution in [2.45, 2.75) is 0 Å². The molecule has 0 aliphatic heterocycles. The van der Waals surface area contributed by atoms with E-state index in [1.165, 1.54) is 18.2 Å². The first kappa shape index (κ1) is 9.07. The third-order valence-electron chi connectivity index (χ3n) is 1.31. The SMILES string of the molecule is NC(=O)C#Cc1cc(N)ccc1F. The highest BCUT2D eigenvalue weighted by molar-refractivity contribution is 5.92. The molecule has 4 N–H and O–H groups in total. The summed E-state index contributed by atoms with van der Waals surface area (Å²) in [5, 5.41) is 0. The molecule has 0 atom stereocenters. The second kappa shape index (κ2) is 3.59. The predicted octanol–water partition coefficient (Wildman–Crippen LogP) is 0.245. The molecule has 0 saturated carbocycles. The third kappa shape index (κ3) is 2.49. The maximum Gasteiger partial charge on any atom is 0.293 e. The topological polar surface area (TPSA) is 69.1 Å². The number of nitrogen functional groups attached to an aromatic ring is 1. The molecule has 3 nitrogen and oxygen atoms in total. The summed E-state index contributed by atoms with van der Waals surface area (Å²) in [7, 11) is 0. The van der Waals surface area contributed by atoms with Crippen molar-refractivity contribution in [3.05, 3.63) is 29.6 Å². The second-order valence-corrected chi connectivity index (χ2v) is 2.35. The predicted molar refractivity (Wildman–Crippen MR) is 46.9 cm³/mol. The van der Waals surface area contributed by atoms with Gasteiger partial charge in [0.25, 0.3) is 5.91 Å². The van der Waals surface area contributed by atoms with Gasteiger partial charge in [-0.05, 0) is 18.2 Å². The Morgan fingerprint density at radius 1 is 1.46 bits per heavy atom. The fraction of sp³-hybridized carbons (Fsp3) is 0. The van der Waals surface area contributed by atoms with E-state index in [1.54, 1.807) is 0 Å². The number of hydrogen-bond acceptors (Lipinski definition) is 2. The average molecular weight is 178 g/mol. The van der Waals surface area contributed by atoms with Crippen LogP contribution in [-0.4, -0.2) is 5.91 Å². The van der Waals surface area contributed by atoms with Gasteiger partial charge < -0.3 is 11.5 Å². The first-order valence-electron chi connectivity index (χ1n) is 3.46. The molecule has 13 heavy (non-hydrogen) atoms. The lowest BCUT2D eigenvalue weighted by Gasteiger charge is -1.95. The summed E-state index contributed by atoms with van der Waals surface area (Å²) in [6.45, 7) is 0. The molecule has 1 amide bonds. The highest BCUT2D eigenvalue weighted by Gasteiger charge is 1.98. The maximum atomic E-state index is 12.9. The third-order valence-corrected chi connectivity index (χ3v) is 1.31. The average Bonchev–Trinajstić information content (AvgIpc) is 2.06. The van der Waals surface area contributed by atoms with E-state index < -0.39 is 11.7 Å². The van der Waals surface area contributed by atoms with E-state index in [9.17, 15) is 9.18 Å². The molecule has 0 bridgehead atoms. The molecule has 0 saturated heterocycles. The molecule has 0 aliphatic carbocycles. The lowest BCUT2D eigenvalue weighted by molar-refractivity contribution is -0.112. The number of halogens is 1. The van der Waals surface area contributed by atoms with Crippen LogP contribution in [0.3, 0.4) is 0 Å². The minimum Gasteiger partial charge on any atom is -0.399 e. The van der Waals surface area contributed by atoms with Gasteiger partial charge in [0, 0.05) is 11.6 Å². The lowest BCUT2D eigenvalue weighted by atomic mass is 10.2. The Morgan fingerprint density at radius 2 is 2.15 bits per heavy atom. The molecular formula is C9H7FN2O. The molecule has 1 aromatic rings. The summed E-state index contributed by atoms with van der Waals surface area (Å²) in [5.41, 5.74) is 10.6. The van der Waals surface area contributed by atoms with Gasteiger partial charge in [0.15, 0.2) is 0 Å². The fourth-order valence-electron chi connectivity index (χ4n) is 0.768. The fourth-order valence-corrected chi connectivity index (χ4v) is 0.768. The number of anilines is 1. The van der Waals surface area contributed by atoms with Crippen LogP contribution in [0.2, 0.25) is 0 Å². The first-order valence-corrected chi connectivity index (χ1v) is 3.46. The molecule has 0 unspecified atom stereocenters. The zero-order valence-corrected chi connectivity index (χ0v) is 6.67. The molecule has 0 radical (unpaired) electrons. The van der Waals surface area contributed by atoms with Crippen molar-refractivity contribution in [2.24, 2.45) is 5.73 Å². The van der Waals surface area contributed by atoms with Gasteiger partial charge >= 0.3 is 0 Å². The molecular weight excluding hydrogens is 171 g/mol. The normalized spacial score (nSPS) is 8.69. The van der Waals surface area contributed by atoms with Crippen LogP contribution >= 0.6 is 0 Å². The van der Waals surface area contributed by atoms with Crippen LogP contribution in [0, 0.1) is 17.7 Å². The smallest absolute Gasteiger partial charge is 0.293 e. The summed E-state index contributed by atoms with van der Waals surface area (Å²) in [6.07, 6.45) is 0. The highest BCUT2D eigenvalue weighted by Crippen LogP contribution is 2.10. The van der Waals surface area contributed by atoms with Crippen molar-refractivity contribution in [1.29, 1.82) is 0 Å². The number of primary amides is 1. The molecule has 0 aromatic heterocycles. The minimum absolute atomic E-state index is 0.0683. The van der Waals surface area contributed by atoms with Gasteiger partial charge in [-0.15, -0.1) is 0 Å². The molecule has 0 aliphatic rings. The number of carbonyl (C=O) groups is 1. The number of nitrogens with two attached hydrogens (primary N) is 2. The monoisotopic (exact) mass is 178 g/mol. The van der Waals surface area contributed by atoms with Crippen molar-refractivity contribution in [3.8, 4) is 11.8 Å². The number of rotatable bonds is 0. The number of hydrogen-bond donors (Lipinski definition) is 2. The van der Waals surface area contributed by atoms with Crippen molar-refractivity contribution in [1.82, 2.24) is 0 Å². The van der Waals surface area contributed by atoms with Gasteiger partial charge in [0.2, 0.25) is 0 Å². The molecule has 4 heteroatoms. The van der Waals surface area contributed by atoms with Gasteiger partial charge in [-0.3, -0.25) is 4.79 Å². The molecule has 1 aromatic carbocycles. The van der Waals surface area contributed by atoms with Crippen molar-refractivity contribution in [3.63, 3.8) is 0 Å². The zero-order valence-electron chi connectivity index (χ0n) is 6.67. The zero-order chi connectivity index (χ0) is 9.84. The summed E-state index contributed by atoms with van der Waals surface area (Å²) in [4.78, 5) is 10.3. The summed E-state index contributed by atoms with van der Waals surface area (Å²) < 4.78 is 12.9. The standard InChI is InChI=1S/C9H7FN2O/c10-8-3-2-7(11)5-6(8)1-4-9(12)13/h2-3,5H,11H2,(H2,12,13). The highest BCUT2D eigenvalue weighted by atomic mass is 19.1. The molecule has 0 fully saturated rings. The van der Waals surface area contributed by atoms with E-state index in [0.717, 1.165) is 0 Å². The van der Waals surface area contributed by atoms with E-state index in [0.29, 0.717) is 5.69 Å². The quantitative estimate of drug-likeness (QED) is 0.441. The van der Waals surface area contributed by atoms with E-state index in [1.807, 2.05) is 5.92 Å². The van der Waals surface area contributed by atoms with Crippen molar-refractivity contribution in [2.75, 3.05) is 5.73 Å². The van der Waals surface area contributed by atoms with Crippen LogP contribution in [0.25, 0.3) is 0 Å². The Labute approximate surface area is 74.5 Å². The van der Waals surface area contributed by atoms with E-state index in [-0.39, 0.29) is 5.56 Å². The van der Waals surface area contributed by atoms with Crippen LogP contribution in [0.1, 0.15) is 5.56 Å². The molecule has 0 heterocycles. The number of amides is 1. The lowest BCUT2D eigenvalue weighted by Crippen LogP contribution is -2.06. The van der Waals surface area contributed by atoms with Gasteiger partial charge in [-0.1, -0.05) is 5.92 Å². The number of benzene rings is 1. The molecule has 1 rings (SSSR count). The minimum atomic E-state index is -0.804. The van der Waals surface area contributed by atoms with Gasteiger partial charge in [0.05, 0.1) is 5.56 Å². The Morgan fingerprint density at radius 3 is 2.77 bits per heavy atom. The Hall–Kier alpha value is -2.02. The largest absolute Gasteiger partial charge is 0.399 e. The van der Waals surface area contributed by atoms with E-state index in [2.05, 4.69) is 5.92 Å². The number of carbonyl (C=O) groups excluding carboxylic acids is 1. The summed E-state index contributed by atoms with van der Waals surface area (Å²) in [6, 6.07) is 3.93. The van der Waals surface area contributed by atoms with Crippen LogP contribution in [0.15, 0.2) is 18.2 Å². The maximum absolute atomic E-state index is 12.9. The Balaban J connectivity index is 3.09. The summed E-state index contributed by atoms with van der Waals surface area (Å²) in [5.74, 6) is 2.97. The molecule has 0 spiro atoms. The van der Waals surface area contributed by atoms with Crippen LogP contribution in [-0.2, 0) is 4.79 Å². The summed E-state index contributed by atoms with van der Waals surface area (Å²) >= 11 is 0. The van der Waals surface area contributed by atoms with E-state index >= 15 is 0 Å². The van der Waals surface area contributed by atoms with Crippen LogP contribution < -0.4 is 11.5 Å². The van der Waals surface area contributed by atoms with Crippen molar-refractivity contribution >= 4 is 11.6 Å². The van der Waals surface area contributed by atoms with E-state index in [4.69, 9.17) is 11.5 Å². The van der Waals surface area contributed by atoms with Gasteiger partial charge in [-0.2, -0.15) is 0 Å². The van der Waals surface area contributed by atoms with Crippen LogP contribution in [0.4, 0.5) is 10.1 Å². The molecule has 66 valence electrons. The van der Waals surface area contributed by atoms with Gasteiger partial charge in [-0.25, -0.2) is 4.39 Å². The van der Waals surface area contributed by atoms with Crippen LogP contribution in [0.5, 0.6) is 0 Å². The Kier molecular flexibility index (Phi) is 2.50. The van der Waals surface area contributed by atoms with Gasteiger partial charge in [0.1, 0.15) is 5.82 Å². The Bertz CT molecular complexity index is 404. The van der Waals surface area contributed by atoms with Crippen molar-refractivity contribution < 1.29 is 9.18 Å².